The summed E-state index contributed by atoms with van der Waals surface area (Å²) in [4.78, 5) is 12.4. The Bertz CT molecular complexity index is 638. The molecule has 3 rings (SSSR count). The molecule has 0 fully saturated rings. The van der Waals surface area contributed by atoms with Crippen LogP contribution in [0.25, 0.3) is 0 Å². The molecule has 1 aliphatic carbocycles. The molecule has 0 amide bonds. The number of rotatable bonds is 2. The zero-order chi connectivity index (χ0) is 14.2. The molecule has 0 spiro atoms. The summed E-state index contributed by atoms with van der Waals surface area (Å²) in [6, 6.07) is 15.5. The van der Waals surface area contributed by atoms with Gasteiger partial charge in [0.25, 0.3) is 0 Å². The zero-order valence-corrected chi connectivity index (χ0v) is 10.9. The molecule has 1 N–H and O–H groups in total. The van der Waals surface area contributed by atoms with Crippen molar-refractivity contribution in [1.29, 1.82) is 0 Å². The fourth-order valence-electron chi connectivity index (χ4n) is 2.77. The quantitative estimate of drug-likeness (QED) is 0.909. The molecule has 3 heteroatoms. The Hall–Kier alpha value is -2.00. The molecule has 1 aliphatic rings. The Morgan fingerprint density at radius 1 is 1.05 bits per heavy atom. The third-order valence-corrected chi connectivity index (χ3v) is 3.95. The first-order chi connectivity index (χ1) is 9.63. The number of carbonyl (C=O) groups is 1. The number of aliphatic hydroxyl groups is 1. The Kier molecular flexibility index (Phi) is 3.14. The summed E-state index contributed by atoms with van der Waals surface area (Å²) in [6.45, 7) is 0. The van der Waals surface area contributed by atoms with Gasteiger partial charge < -0.3 is 5.11 Å². The van der Waals surface area contributed by atoms with E-state index in [4.69, 9.17) is 0 Å². The van der Waals surface area contributed by atoms with Crippen LogP contribution in [0.4, 0.5) is 4.39 Å². The zero-order valence-electron chi connectivity index (χ0n) is 10.9. The van der Waals surface area contributed by atoms with Gasteiger partial charge in [-0.2, -0.15) is 0 Å². The van der Waals surface area contributed by atoms with Gasteiger partial charge in [-0.1, -0.05) is 54.6 Å². The number of hydrogen-bond donors (Lipinski definition) is 1. The highest BCUT2D eigenvalue weighted by Gasteiger charge is 2.49. The first-order valence-electron chi connectivity index (χ1n) is 6.67. The molecule has 2 aromatic carbocycles. The van der Waals surface area contributed by atoms with E-state index < -0.39 is 17.6 Å². The van der Waals surface area contributed by atoms with E-state index in [1.807, 2.05) is 12.1 Å². The number of Topliss-reactive ketones (excluding diaryl/α,β-unsaturated/α-hetero) is 1. The third-order valence-electron chi connectivity index (χ3n) is 3.95. The molecule has 0 saturated carbocycles. The molecule has 0 heterocycles. The predicted molar refractivity (Wildman–Crippen MR) is 74.3 cm³/mol. The van der Waals surface area contributed by atoms with Crippen molar-refractivity contribution in [3.05, 3.63) is 71.3 Å². The largest absolute Gasteiger partial charge is 0.385 e. The van der Waals surface area contributed by atoms with E-state index in [1.165, 1.54) is 0 Å². The van der Waals surface area contributed by atoms with Crippen LogP contribution >= 0.6 is 0 Å². The number of alkyl halides is 1. The summed E-state index contributed by atoms with van der Waals surface area (Å²) >= 11 is 0. The minimum Gasteiger partial charge on any atom is -0.385 e. The molecule has 0 saturated heterocycles. The minimum atomic E-state index is -2.24. The van der Waals surface area contributed by atoms with Gasteiger partial charge in [0.2, 0.25) is 11.5 Å². The van der Waals surface area contributed by atoms with Crippen LogP contribution in [0.3, 0.4) is 0 Å². The summed E-state index contributed by atoms with van der Waals surface area (Å²) in [5, 5.41) is 10.3. The van der Waals surface area contributed by atoms with Gasteiger partial charge in [-0.3, -0.25) is 4.79 Å². The van der Waals surface area contributed by atoms with Gasteiger partial charge in [0.15, 0.2) is 0 Å². The SMILES string of the molecule is O=C1c2ccccc2CC[C@@]1(F)[C@@H](O)c1ccccc1. The number of benzene rings is 2. The smallest absolute Gasteiger partial charge is 0.203 e. The van der Waals surface area contributed by atoms with E-state index >= 15 is 4.39 Å². The van der Waals surface area contributed by atoms with Crippen LogP contribution in [0.15, 0.2) is 54.6 Å². The summed E-state index contributed by atoms with van der Waals surface area (Å²) in [6.07, 6.45) is -0.953. The Balaban J connectivity index is 2.00. The molecule has 2 atom stereocenters. The molecule has 0 aliphatic heterocycles. The molecule has 2 aromatic rings. The molecule has 0 radical (unpaired) electrons. The van der Waals surface area contributed by atoms with Crippen LogP contribution in [0.5, 0.6) is 0 Å². The molecule has 102 valence electrons. The maximum Gasteiger partial charge on any atom is 0.203 e. The normalized spacial score (nSPS) is 23.2. The van der Waals surface area contributed by atoms with Crippen LogP contribution in [0, 0.1) is 0 Å². The molecule has 20 heavy (non-hydrogen) atoms. The van der Waals surface area contributed by atoms with Gasteiger partial charge in [0.05, 0.1) is 0 Å². The molecular formula is C17H15FO2. The molecular weight excluding hydrogens is 255 g/mol. The van der Waals surface area contributed by atoms with Crippen molar-refractivity contribution in [2.45, 2.75) is 24.6 Å². The van der Waals surface area contributed by atoms with Gasteiger partial charge in [-0.15, -0.1) is 0 Å². The van der Waals surface area contributed by atoms with Crippen molar-refractivity contribution in [3.63, 3.8) is 0 Å². The van der Waals surface area contributed by atoms with Gasteiger partial charge in [-0.25, -0.2) is 4.39 Å². The first kappa shape index (κ1) is 13.0. The minimum absolute atomic E-state index is 0.0128. The van der Waals surface area contributed by atoms with E-state index in [1.54, 1.807) is 42.5 Å². The van der Waals surface area contributed by atoms with Crippen molar-refractivity contribution in [3.8, 4) is 0 Å². The fraction of sp³-hybridized carbons (Fsp3) is 0.235. The highest BCUT2D eigenvalue weighted by atomic mass is 19.1. The topological polar surface area (TPSA) is 37.3 Å². The summed E-state index contributed by atoms with van der Waals surface area (Å²) in [7, 11) is 0. The van der Waals surface area contributed by atoms with Gasteiger partial charge in [0.1, 0.15) is 6.10 Å². The highest BCUT2D eigenvalue weighted by molar-refractivity contribution is 6.05. The number of fused-ring (bicyclic) bond motifs is 1. The third kappa shape index (κ3) is 1.95. The average Bonchev–Trinajstić information content (AvgIpc) is 2.51. The highest BCUT2D eigenvalue weighted by Crippen LogP contribution is 2.40. The lowest BCUT2D eigenvalue weighted by atomic mass is 9.76. The summed E-state index contributed by atoms with van der Waals surface area (Å²) < 4.78 is 15.1. The summed E-state index contributed by atoms with van der Waals surface area (Å²) in [5.41, 5.74) is -0.569. The lowest BCUT2D eigenvalue weighted by molar-refractivity contribution is -0.00673. The average molecular weight is 270 g/mol. The molecule has 0 unspecified atom stereocenters. The molecule has 2 nitrogen and oxygen atoms in total. The second-order valence-electron chi connectivity index (χ2n) is 5.16. The standard InChI is InChI=1S/C17H15FO2/c18-17(15(19)13-7-2-1-3-8-13)11-10-12-6-4-5-9-14(12)16(17)20/h1-9,15,19H,10-11H2/t15-,17+/m0/s1. The van der Waals surface area contributed by atoms with E-state index in [0.717, 1.165) is 5.56 Å². The van der Waals surface area contributed by atoms with Crippen LogP contribution in [-0.4, -0.2) is 16.6 Å². The number of halogens is 1. The predicted octanol–water partition coefficient (Wildman–Crippen LogP) is 3.26. The monoisotopic (exact) mass is 270 g/mol. The lowest BCUT2D eigenvalue weighted by Gasteiger charge is -2.33. The van der Waals surface area contributed by atoms with Crippen LogP contribution in [-0.2, 0) is 6.42 Å². The molecule has 0 bridgehead atoms. The van der Waals surface area contributed by atoms with Crippen molar-refractivity contribution >= 4 is 5.78 Å². The number of aliphatic hydroxyl groups excluding tert-OH is 1. The van der Waals surface area contributed by atoms with E-state index in [-0.39, 0.29) is 6.42 Å². The van der Waals surface area contributed by atoms with Crippen molar-refractivity contribution in [2.75, 3.05) is 0 Å². The summed E-state index contributed by atoms with van der Waals surface area (Å²) in [5.74, 6) is -0.615. The molecule has 0 aromatic heterocycles. The van der Waals surface area contributed by atoms with E-state index in [2.05, 4.69) is 0 Å². The van der Waals surface area contributed by atoms with Crippen molar-refractivity contribution in [1.82, 2.24) is 0 Å². The Labute approximate surface area is 116 Å². The van der Waals surface area contributed by atoms with Gasteiger partial charge in [0, 0.05) is 5.56 Å². The number of hydrogen-bond acceptors (Lipinski definition) is 2. The second kappa shape index (κ2) is 4.84. The van der Waals surface area contributed by atoms with Crippen molar-refractivity contribution < 1.29 is 14.3 Å². The van der Waals surface area contributed by atoms with Crippen LogP contribution in [0.2, 0.25) is 0 Å². The van der Waals surface area contributed by atoms with E-state index in [0.29, 0.717) is 17.5 Å². The second-order valence-corrected chi connectivity index (χ2v) is 5.16. The van der Waals surface area contributed by atoms with Crippen LogP contribution < -0.4 is 0 Å². The number of carbonyl (C=O) groups excluding carboxylic acids is 1. The number of aryl methyl sites for hydroxylation is 1. The van der Waals surface area contributed by atoms with Gasteiger partial charge >= 0.3 is 0 Å². The maximum atomic E-state index is 15.1. The van der Waals surface area contributed by atoms with Crippen LogP contribution in [0.1, 0.15) is 34.0 Å². The fourth-order valence-corrected chi connectivity index (χ4v) is 2.77. The first-order valence-corrected chi connectivity index (χ1v) is 6.67. The number of ketones is 1. The maximum absolute atomic E-state index is 15.1. The van der Waals surface area contributed by atoms with Gasteiger partial charge in [-0.05, 0) is 24.0 Å². The van der Waals surface area contributed by atoms with Crippen molar-refractivity contribution in [2.24, 2.45) is 0 Å². The Morgan fingerprint density at radius 2 is 1.70 bits per heavy atom. The van der Waals surface area contributed by atoms with E-state index in [9.17, 15) is 9.90 Å². The lowest BCUT2D eigenvalue weighted by Crippen LogP contribution is -2.44. The Morgan fingerprint density at radius 3 is 2.45 bits per heavy atom.